The Morgan fingerprint density at radius 3 is 2.54 bits per heavy atom. The molecular weight excluding hydrogens is 400 g/mol. The van der Waals surface area contributed by atoms with Crippen molar-refractivity contribution < 1.29 is 17.9 Å². The fraction of sp³-hybridized carbons (Fsp3) is 0.0500. The summed E-state index contributed by atoms with van der Waals surface area (Å²) in [5.74, 6) is 0.197. The van der Waals surface area contributed by atoms with Gasteiger partial charge in [0.2, 0.25) is 10.0 Å². The predicted octanol–water partition coefficient (Wildman–Crippen LogP) is 4.64. The molecule has 6 nitrogen and oxygen atoms in total. The molecule has 2 N–H and O–H groups in total. The Morgan fingerprint density at radius 2 is 1.71 bits per heavy atom. The molecule has 3 aromatic carbocycles. The maximum atomic E-state index is 12.5. The van der Waals surface area contributed by atoms with Crippen LogP contribution in [0, 0.1) is 0 Å². The number of sulfonamides is 1. The van der Waals surface area contributed by atoms with Crippen molar-refractivity contribution in [3.05, 3.63) is 82.9 Å². The van der Waals surface area contributed by atoms with Gasteiger partial charge in [-0.25, -0.2) is 8.42 Å². The molecule has 3 aromatic rings. The van der Waals surface area contributed by atoms with Gasteiger partial charge in [-0.05, 0) is 42.0 Å². The lowest BCUT2D eigenvalue weighted by Crippen LogP contribution is -2.16. The molecule has 0 aromatic heterocycles. The first-order valence-corrected chi connectivity index (χ1v) is 10.4. The van der Waals surface area contributed by atoms with Crippen LogP contribution in [0.2, 0.25) is 5.02 Å². The van der Waals surface area contributed by atoms with Gasteiger partial charge in [-0.2, -0.15) is 0 Å². The van der Waals surface area contributed by atoms with Gasteiger partial charge in [0.25, 0.3) is 5.91 Å². The van der Waals surface area contributed by atoms with Crippen molar-refractivity contribution in [2.75, 3.05) is 10.0 Å². The maximum absolute atomic E-state index is 12.5. The third-order valence-electron chi connectivity index (χ3n) is 4.16. The number of nitrogens with one attached hydrogen (secondary N) is 2. The SMILES string of the molecule is O=C1Nc2ccccc2Oc2ccc(NS(=O)(=O)Cc3ccccc3Cl)cc21. The van der Waals surface area contributed by atoms with Gasteiger partial charge >= 0.3 is 0 Å². The number of rotatable bonds is 4. The van der Waals surface area contributed by atoms with Crippen molar-refractivity contribution in [1.29, 1.82) is 0 Å². The van der Waals surface area contributed by atoms with Crippen LogP contribution in [0.4, 0.5) is 11.4 Å². The lowest BCUT2D eigenvalue weighted by molar-refractivity contribution is 0.102. The summed E-state index contributed by atoms with van der Waals surface area (Å²) in [6.45, 7) is 0. The van der Waals surface area contributed by atoms with Gasteiger partial charge in [0.15, 0.2) is 5.75 Å². The molecule has 0 fully saturated rings. The van der Waals surface area contributed by atoms with E-state index in [-0.39, 0.29) is 22.9 Å². The van der Waals surface area contributed by atoms with Gasteiger partial charge in [0.1, 0.15) is 5.75 Å². The number of anilines is 2. The smallest absolute Gasteiger partial charge is 0.259 e. The van der Waals surface area contributed by atoms with Crippen LogP contribution in [-0.2, 0) is 15.8 Å². The van der Waals surface area contributed by atoms with Crippen LogP contribution in [0.5, 0.6) is 11.5 Å². The Hall–Kier alpha value is -3.03. The lowest BCUT2D eigenvalue weighted by Gasteiger charge is -2.12. The number of benzene rings is 3. The van der Waals surface area contributed by atoms with E-state index in [0.29, 0.717) is 27.8 Å². The Balaban J connectivity index is 1.60. The number of hydrogen-bond donors (Lipinski definition) is 2. The van der Waals surface area contributed by atoms with E-state index < -0.39 is 10.0 Å². The van der Waals surface area contributed by atoms with Crippen LogP contribution >= 0.6 is 11.6 Å². The molecule has 1 aliphatic heterocycles. The average molecular weight is 415 g/mol. The molecule has 0 bridgehead atoms. The van der Waals surface area contributed by atoms with E-state index in [2.05, 4.69) is 10.0 Å². The minimum atomic E-state index is -3.72. The highest BCUT2D eigenvalue weighted by Crippen LogP contribution is 2.36. The first-order chi connectivity index (χ1) is 13.4. The van der Waals surface area contributed by atoms with Crippen LogP contribution < -0.4 is 14.8 Å². The van der Waals surface area contributed by atoms with Crippen LogP contribution in [0.15, 0.2) is 66.7 Å². The number of ether oxygens (including phenoxy) is 1. The summed E-state index contributed by atoms with van der Waals surface area (Å²) < 4.78 is 33.3. The van der Waals surface area contributed by atoms with E-state index in [1.807, 2.05) is 0 Å². The minimum absolute atomic E-state index is 0.231. The Labute approximate surface area is 167 Å². The molecule has 1 heterocycles. The molecule has 0 unspecified atom stereocenters. The van der Waals surface area contributed by atoms with Gasteiger partial charge in [0.05, 0.1) is 17.0 Å². The Bertz CT molecular complexity index is 1180. The average Bonchev–Trinajstić information content (AvgIpc) is 2.79. The summed E-state index contributed by atoms with van der Waals surface area (Å²) in [4.78, 5) is 12.5. The molecule has 142 valence electrons. The number of carbonyl (C=O) groups is 1. The van der Waals surface area contributed by atoms with Crippen molar-refractivity contribution in [1.82, 2.24) is 0 Å². The van der Waals surface area contributed by atoms with Crippen molar-refractivity contribution in [3.8, 4) is 11.5 Å². The van der Waals surface area contributed by atoms with Gasteiger partial charge in [-0.1, -0.05) is 41.9 Å². The molecule has 28 heavy (non-hydrogen) atoms. The molecule has 0 spiro atoms. The number of halogens is 1. The molecule has 1 amide bonds. The molecule has 8 heteroatoms. The van der Waals surface area contributed by atoms with E-state index in [1.165, 1.54) is 6.07 Å². The van der Waals surface area contributed by atoms with Crippen molar-refractivity contribution in [2.24, 2.45) is 0 Å². The molecule has 0 radical (unpaired) electrons. The van der Waals surface area contributed by atoms with E-state index in [1.54, 1.807) is 60.7 Å². The molecule has 0 atom stereocenters. The second-order valence-electron chi connectivity index (χ2n) is 6.22. The van der Waals surface area contributed by atoms with Crippen molar-refractivity contribution in [3.63, 3.8) is 0 Å². The van der Waals surface area contributed by atoms with Crippen molar-refractivity contribution in [2.45, 2.75) is 5.75 Å². The summed E-state index contributed by atoms with van der Waals surface area (Å²) >= 11 is 6.05. The van der Waals surface area contributed by atoms with Crippen molar-refractivity contribution >= 4 is 38.9 Å². The molecule has 4 rings (SSSR count). The minimum Gasteiger partial charge on any atom is -0.454 e. The Morgan fingerprint density at radius 1 is 0.964 bits per heavy atom. The standard InChI is InChI=1S/C20H15ClN2O4S/c21-16-6-2-1-5-13(16)12-28(25,26)23-14-9-10-18-15(11-14)20(24)22-17-7-3-4-8-19(17)27-18/h1-11,23H,12H2,(H,22,24). The number of carbonyl (C=O) groups excluding carboxylic acids is 1. The fourth-order valence-electron chi connectivity index (χ4n) is 2.86. The third kappa shape index (κ3) is 3.81. The van der Waals surface area contributed by atoms with Crippen LogP contribution in [-0.4, -0.2) is 14.3 Å². The first-order valence-electron chi connectivity index (χ1n) is 8.37. The second-order valence-corrected chi connectivity index (χ2v) is 8.35. The van der Waals surface area contributed by atoms with Gasteiger partial charge in [-0.15, -0.1) is 0 Å². The highest BCUT2D eigenvalue weighted by molar-refractivity contribution is 7.91. The normalized spacial score (nSPS) is 12.8. The second kappa shape index (κ2) is 7.18. The summed E-state index contributed by atoms with van der Waals surface area (Å²) in [5.41, 5.74) is 1.53. The largest absolute Gasteiger partial charge is 0.454 e. The molecule has 0 saturated heterocycles. The first kappa shape index (κ1) is 18.3. The topological polar surface area (TPSA) is 84.5 Å². The Kier molecular flexibility index (Phi) is 4.70. The zero-order chi connectivity index (χ0) is 19.7. The molecule has 0 saturated carbocycles. The highest BCUT2D eigenvalue weighted by Gasteiger charge is 2.22. The monoisotopic (exact) mass is 414 g/mol. The van der Waals surface area contributed by atoms with E-state index >= 15 is 0 Å². The molecule has 1 aliphatic rings. The number of fused-ring (bicyclic) bond motifs is 2. The zero-order valence-corrected chi connectivity index (χ0v) is 16.0. The predicted molar refractivity (Wildman–Crippen MR) is 109 cm³/mol. The third-order valence-corrected chi connectivity index (χ3v) is 5.76. The fourth-order valence-corrected chi connectivity index (χ4v) is 4.36. The maximum Gasteiger partial charge on any atom is 0.259 e. The van der Waals surface area contributed by atoms with E-state index in [9.17, 15) is 13.2 Å². The molecular formula is C20H15ClN2O4S. The van der Waals surface area contributed by atoms with Crippen LogP contribution in [0.1, 0.15) is 15.9 Å². The van der Waals surface area contributed by atoms with Gasteiger partial charge < -0.3 is 10.1 Å². The van der Waals surface area contributed by atoms with E-state index in [4.69, 9.17) is 16.3 Å². The van der Waals surface area contributed by atoms with E-state index in [0.717, 1.165) is 0 Å². The number of para-hydroxylation sites is 2. The van der Waals surface area contributed by atoms with Crippen LogP contribution in [0.3, 0.4) is 0 Å². The molecule has 0 aliphatic carbocycles. The zero-order valence-electron chi connectivity index (χ0n) is 14.5. The summed E-state index contributed by atoms with van der Waals surface area (Å²) in [7, 11) is -3.72. The summed E-state index contributed by atoms with van der Waals surface area (Å²) in [5, 5.41) is 3.13. The van der Waals surface area contributed by atoms with Crippen LogP contribution in [0.25, 0.3) is 0 Å². The van der Waals surface area contributed by atoms with Gasteiger partial charge in [-0.3, -0.25) is 9.52 Å². The summed E-state index contributed by atoms with van der Waals surface area (Å²) in [6, 6.07) is 18.3. The summed E-state index contributed by atoms with van der Waals surface area (Å²) in [6.07, 6.45) is 0. The quantitative estimate of drug-likeness (QED) is 0.651. The number of amides is 1. The highest BCUT2D eigenvalue weighted by atomic mass is 35.5. The number of hydrogen-bond acceptors (Lipinski definition) is 4. The lowest BCUT2D eigenvalue weighted by atomic mass is 10.1. The van der Waals surface area contributed by atoms with Gasteiger partial charge in [0, 0.05) is 10.7 Å².